The van der Waals surface area contributed by atoms with Crippen LogP contribution in [0.1, 0.15) is 0 Å². The zero-order valence-corrected chi connectivity index (χ0v) is 23.3. The fraction of sp³-hybridized carbons (Fsp3) is 1.00. The molecule has 8 nitrogen and oxygen atoms in total. The molecule has 0 bridgehead atoms. The summed E-state index contributed by atoms with van der Waals surface area (Å²) in [4.78, 5) is 0. The molecule has 0 radical (unpaired) electrons. The van der Waals surface area contributed by atoms with Gasteiger partial charge in [0, 0.05) is 28.8 Å². The lowest BCUT2D eigenvalue weighted by Gasteiger charge is -2.19. The molecule has 0 aliphatic rings. The average Bonchev–Trinajstić information content (AvgIpc) is 2.81. The number of ether oxygens (including phenoxy) is 8. The van der Waals surface area contributed by atoms with E-state index in [0.29, 0.717) is 103 Å². The highest BCUT2D eigenvalue weighted by Gasteiger charge is 2.10. The number of thiol groups is 5. The number of hydrogen-bond acceptors (Lipinski definition) is 13. The van der Waals surface area contributed by atoms with Crippen molar-refractivity contribution in [1.82, 2.24) is 0 Å². The van der Waals surface area contributed by atoms with Gasteiger partial charge in [0.05, 0.1) is 85.9 Å². The molecule has 0 fully saturated rings. The lowest BCUT2D eigenvalue weighted by molar-refractivity contribution is -0.295. The summed E-state index contributed by atoms with van der Waals surface area (Å²) >= 11 is 20.1. The van der Waals surface area contributed by atoms with Crippen LogP contribution in [0.15, 0.2) is 0 Å². The van der Waals surface area contributed by atoms with Crippen LogP contribution >= 0.6 is 63.1 Å². The van der Waals surface area contributed by atoms with Crippen LogP contribution in [0.4, 0.5) is 0 Å². The molecular formula is C19H42O8S5. The van der Waals surface area contributed by atoms with Gasteiger partial charge in [-0.3, -0.25) is 0 Å². The summed E-state index contributed by atoms with van der Waals surface area (Å²) in [6.07, 6.45) is 0. The topological polar surface area (TPSA) is 73.8 Å². The van der Waals surface area contributed by atoms with Gasteiger partial charge in [0.15, 0.2) is 0 Å². The molecule has 0 aromatic rings. The van der Waals surface area contributed by atoms with E-state index in [2.05, 4.69) is 63.1 Å². The maximum atomic E-state index is 5.47. The number of hydrogen-bond donors (Lipinski definition) is 5. The van der Waals surface area contributed by atoms with Crippen molar-refractivity contribution in [2.24, 2.45) is 0 Å². The summed E-state index contributed by atoms with van der Waals surface area (Å²) in [5.74, 6) is 3.59. The molecule has 0 amide bonds. The second-order valence-electron chi connectivity index (χ2n) is 5.58. The van der Waals surface area contributed by atoms with Gasteiger partial charge in [0.2, 0.25) is 0 Å². The third-order valence-corrected chi connectivity index (χ3v) is 3.91. The molecule has 0 aliphatic heterocycles. The predicted molar refractivity (Wildman–Crippen MR) is 145 cm³/mol. The molecule has 0 unspecified atom stereocenters. The van der Waals surface area contributed by atoms with Crippen molar-refractivity contribution in [1.29, 1.82) is 0 Å². The Bertz CT molecular complexity index is 284. The van der Waals surface area contributed by atoms with E-state index >= 15 is 0 Å². The molecule has 0 saturated carbocycles. The SMILES string of the molecule is SCCOCCOC(OCCOCCS)OCCOCCS.SCCOCCOCCS. The average molecular weight is 559 g/mol. The van der Waals surface area contributed by atoms with Crippen molar-refractivity contribution in [3.8, 4) is 0 Å². The van der Waals surface area contributed by atoms with Gasteiger partial charge >= 0.3 is 0 Å². The van der Waals surface area contributed by atoms with Gasteiger partial charge in [0.1, 0.15) is 0 Å². The Kier molecular flexibility index (Phi) is 38.5. The van der Waals surface area contributed by atoms with Crippen molar-refractivity contribution in [3.05, 3.63) is 0 Å². The molecule has 0 aromatic heterocycles. The molecular weight excluding hydrogens is 517 g/mol. The lowest BCUT2D eigenvalue weighted by atomic mass is 10.7. The first-order chi connectivity index (χ1) is 15.8. The lowest BCUT2D eigenvalue weighted by Crippen LogP contribution is -2.26. The van der Waals surface area contributed by atoms with Gasteiger partial charge in [-0.25, -0.2) is 0 Å². The largest absolute Gasteiger partial charge is 0.378 e. The van der Waals surface area contributed by atoms with Crippen LogP contribution < -0.4 is 0 Å². The third kappa shape index (κ3) is 33.6. The van der Waals surface area contributed by atoms with E-state index < -0.39 is 6.48 Å². The molecule has 196 valence electrons. The maximum absolute atomic E-state index is 5.47. The third-order valence-electron chi connectivity index (χ3n) is 2.99. The normalized spacial score (nSPS) is 11.1. The van der Waals surface area contributed by atoms with Gasteiger partial charge < -0.3 is 37.9 Å². The molecule has 0 aromatic carbocycles. The highest BCUT2D eigenvalue weighted by atomic mass is 32.1. The molecule has 32 heavy (non-hydrogen) atoms. The zero-order chi connectivity index (χ0) is 24.0. The van der Waals surface area contributed by atoms with E-state index in [9.17, 15) is 0 Å². The fourth-order valence-electron chi connectivity index (χ4n) is 1.71. The summed E-state index contributed by atoms with van der Waals surface area (Å²) in [7, 11) is 0. The van der Waals surface area contributed by atoms with Crippen LogP contribution in [-0.4, -0.2) is 121 Å². The second kappa shape index (κ2) is 34.6. The Balaban J connectivity index is 0. The highest BCUT2D eigenvalue weighted by Crippen LogP contribution is 1.99. The Morgan fingerprint density at radius 1 is 0.312 bits per heavy atom. The summed E-state index contributed by atoms with van der Waals surface area (Å²) < 4.78 is 42.4. The first kappa shape index (κ1) is 35.6. The maximum Gasteiger partial charge on any atom is 0.271 e. The van der Waals surface area contributed by atoms with Crippen molar-refractivity contribution >= 4 is 63.1 Å². The molecule has 0 heterocycles. The minimum absolute atomic E-state index is 0.382. The molecule has 0 N–H and O–H groups in total. The van der Waals surface area contributed by atoms with Crippen LogP contribution in [0.5, 0.6) is 0 Å². The van der Waals surface area contributed by atoms with E-state index in [1.165, 1.54) is 0 Å². The first-order valence-corrected chi connectivity index (χ1v) is 13.7. The Morgan fingerprint density at radius 3 is 0.750 bits per heavy atom. The zero-order valence-electron chi connectivity index (χ0n) is 18.8. The van der Waals surface area contributed by atoms with Crippen LogP contribution in [0.25, 0.3) is 0 Å². The molecule has 13 heteroatoms. The Morgan fingerprint density at radius 2 is 0.531 bits per heavy atom. The van der Waals surface area contributed by atoms with Gasteiger partial charge in [0.25, 0.3) is 6.48 Å². The van der Waals surface area contributed by atoms with Crippen molar-refractivity contribution in [3.63, 3.8) is 0 Å². The van der Waals surface area contributed by atoms with E-state index in [-0.39, 0.29) is 0 Å². The van der Waals surface area contributed by atoms with Gasteiger partial charge in [-0.2, -0.15) is 63.1 Å². The summed E-state index contributed by atoms with van der Waals surface area (Å²) in [5, 5.41) is 0. The van der Waals surface area contributed by atoms with Crippen LogP contribution in [-0.2, 0) is 37.9 Å². The van der Waals surface area contributed by atoms with E-state index in [1.807, 2.05) is 0 Å². The quantitative estimate of drug-likeness (QED) is 0.0663. The van der Waals surface area contributed by atoms with E-state index in [1.54, 1.807) is 0 Å². The standard InChI is InChI=1S/C13H28O6S3.C6H14O2S2/c20-10-7-14-1-4-17-13(18-5-2-15-8-11-21)19-6-3-16-9-12-22;9-5-3-7-1-2-8-4-6-10/h13,20-22H,1-12H2;9-10H,1-6H2. The molecule has 0 atom stereocenters. The predicted octanol–water partition coefficient (Wildman–Crippen LogP) is 2.04. The molecule has 0 spiro atoms. The minimum atomic E-state index is -0.751. The molecule has 0 rings (SSSR count). The first-order valence-electron chi connectivity index (χ1n) is 10.5. The molecule has 0 saturated heterocycles. The Labute approximate surface area is 221 Å². The van der Waals surface area contributed by atoms with E-state index in [4.69, 9.17) is 37.9 Å². The smallest absolute Gasteiger partial charge is 0.271 e. The van der Waals surface area contributed by atoms with Gasteiger partial charge in [-0.05, 0) is 0 Å². The number of rotatable bonds is 25. The summed E-state index contributed by atoms with van der Waals surface area (Å²) in [6.45, 7) is 6.30. The van der Waals surface area contributed by atoms with Gasteiger partial charge in [-0.15, -0.1) is 0 Å². The van der Waals surface area contributed by atoms with Crippen molar-refractivity contribution in [2.45, 2.75) is 6.48 Å². The molecule has 0 aliphatic carbocycles. The second-order valence-corrected chi connectivity index (χ2v) is 7.82. The van der Waals surface area contributed by atoms with Crippen molar-refractivity contribution < 1.29 is 37.9 Å². The summed E-state index contributed by atoms with van der Waals surface area (Å²) in [5.41, 5.74) is 0. The van der Waals surface area contributed by atoms with Crippen LogP contribution in [0.2, 0.25) is 0 Å². The van der Waals surface area contributed by atoms with Gasteiger partial charge in [-0.1, -0.05) is 0 Å². The van der Waals surface area contributed by atoms with Crippen LogP contribution in [0.3, 0.4) is 0 Å². The summed E-state index contributed by atoms with van der Waals surface area (Å²) in [6, 6.07) is 0. The fourth-order valence-corrected chi connectivity index (χ4v) is 2.35. The van der Waals surface area contributed by atoms with E-state index in [0.717, 1.165) is 11.5 Å². The Hall–Kier alpha value is 1.43. The van der Waals surface area contributed by atoms with Crippen molar-refractivity contribution in [2.75, 3.05) is 115 Å². The monoisotopic (exact) mass is 558 g/mol. The highest BCUT2D eigenvalue weighted by molar-refractivity contribution is 7.80. The minimum Gasteiger partial charge on any atom is -0.378 e. The van der Waals surface area contributed by atoms with Crippen LogP contribution in [0, 0.1) is 0 Å².